The summed E-state index contributed by atoms with van der Waals surface area (Å²) in [5.74, 6) is -0.195. The summed E-state index contributed by atoms with van der Waals surface area (Å²) in [5, 5.41) is 11.6. The molecule has 21 heavy (non-hydrogen) atoms. The summed E-state index contributed by atoms with van der Waals surface area (Å²) >= 11 is 3.36. The lowest BCUT2D eigenvalue weighted by atomic mass is 10.1. The van der Waals surface area contributed by atoms with Crippen LogP contribution in [0.2, 0.25) is 0 Å². The molecule has 114 valence electrons. The van der Waals surface area contributed by atoms with Crippen molar-refractivity contribution in [2.75, 3.05) is 18.4 Å². The highest BCUT2D eigenvalue weighted by molar-refractivity contribution is 9.09. The largest absolute Gasteiger partial charge is 0.371 e. The van der Waals surface area contributed by atoms with E-state index in [1.165, 1.54) is 6.07 Å². The first-order chi connectivity index (χ1) is 9.92. The highest BCUT2D eigenvalue weighted by Crippen LogP contribution is 2.22. The van der Waals surface area contributed by atoms with Crippen LogP contribution < -0.4 is 0 Å². The third-order valence-corrected chi connectivity index (χ3v) is 4.16. The summed E-state index contributed by atoms with van der Waals surface area (Å²) in [4.78, 5) is 24.7. The molecule has 1 aromatic rings. The Morgan fingerprint density at radius 3 is 2.86 bits per heavy atom. The van der Waals surface area contributed by atoms with Crippen LogP contribution in [0.3, 0.4) is 0 Å². The average molecular weight is 357 g/mol. The van der Waals surface area contributed by atoms with E-state index in [0.29, 0.717) is 29.5 Å². The van der Waals surface area contributed by atoms with Crippen LogP contribution >= 0.6 is 15.9 Å². The van der Waals surface area contributed by atoms with Gasteiger partial charge in [0, 0.05) is 35.6 Å². The van der Waals surface area contributed by atoms with E-state index in [2.05, 4.69) is 15.9 Å². The predicted molar refractivity (Wildman–Crippen MR) is 81.9 cm³/mol. The van der Waals surface area contributed by atoms with E-state index in [0.717, 1.165) is 0 Å². The standard InChI is InChI=1S/C14H17BrN2O4/c1-9-3-4-11(5-13(9)17(19)20)14(18)16-7-10(2)21-12(6-15)8-16/h3-5,10,12H,6-8H2,1-2H3. The number of benzene rings is 1. The molecule has 2 atom stereocenters. The van der Waals surface area contributed by atoms with Crippen molar-refractivity contribution >= 4 is 27.5 Å². The molecule has 2 rings (SSSR count). The molecule has 0 radical (unpaired) electrons. The monoisotopic (exact) mass is 356 g/mol. The molecule has 2 unspecified atom stereocenters. The van der Waals surface area contributed by atoms with E-state index in [1.807, 2.05) is 6.92 Å². The lowest BCUT2D eigenvalue weighted by Crippen LogP contribution is -2.49. The molecular formula is C14H17BrN2O4. The van der Waals surface area contributed by atoms with Crippen LogP contribution in [0, 0.1) is 17.0 Å². The van der Waals surface area contributed by atoms with Gasteiger partial charge in [0.2, 0.25) is 0 Å². The Kier molecular flexibility index (Phi) is 4.95. The second-order valence-electron chi connectivity index (χ2n) is 5.19. The van der Waals surface area contributed by atoms with E-state index in [4.69, 9.17) is 4.74 Å². The summed E-state index contributed by atoms with van der Waals surface area (Å²) in [6.07, 6.45) is -0.108. The van der Waals surface area contributed by atoms with Crippen molar-refractivity contribution in [2.45, 2.75) is 26.1 Å². The zero-order valence-corrected chi connectivity index (χ0v) is 13.5. The Bertz CT molecular complexity index is 564. The molecule has 1 heterocycles. The van der Waals surface area contributed by atoms with Crippen molar-refractivity contribution in [1.29, 1.82) is 0 Å². The van der Waals surface area contributed by atoms with Gasteiger partial charge in [-0.15, -0.1) is 0 Å². The molecule has 7 heteroatoms. The van der Waals surface area contributed by atoms with Crippen molar-refractivity contribution in [3.05, 3.63) is 39.4 Å². The summed E-state index contributed by atoms with van der Waals surface area (Å²) in [6.45, 7) is 4.54. The smallest absolute Gasteiger partial charge is 0.273 e. The zero-order valence-electron chi connectivity index (χ0n) is 11.9. The third kappa shape index (κ3) is 3.59. The Labute approximate surface area is 131 Å². The van der Waals surface area contributed by atoms with Crippen LogP contribution in [0.4, 0.5) is 5.69 Å². The van der Waals surface area contributed by atoms with Crippen LogP contribution in [-0.4, -0.2) is 46.4 Å². The first-order valence-electron chi connectivity index (χ1n) is 6.68. The number of hydrogen-bond acceptors (Lipinski definition) is 4. The van der Waals surface area contributed by atoms with Gasteiger partial charge in [0.1, 0.15) is 0 Å². The van der Waals surface area contributed by atoms with E-state index in [-0.39, 0.29) is 23.8 Å². The number of hydrogen-bond donors (Lipinski definition) is 0. The van der Waals surface area contributed by atoms with E-state index >= 15 is 0 Å². The summed E-state index contributed by atoms with van der Waals surface area (Å²) < 4.78 is 5.68. The quantitative estimate of drug-likeness (QED) is 0.473. The number of alkyl halides is 1. The fourth-order valence-corrected chi connectivity index (χ4v) is 2.78. The normalized spacial score (nSPS) is 22.1. The molecule has 0 spiro atoms. The Morgan fingerprint density at radius 1 is 1.52 bits per heavy atom. The van der Waals surface area contributed by atoms with Gasteiger partial charge >= 0.3 is 0 Å². The van der Waals surface area contributed by atoms with Gasteiger partial charge < -0.3 is 9.64 Å². The van der Waals surface area contributed by atoms with E-state index in [1.54, 1.807) is 24.0 Å². The lowest BCUT2D eigenvalue weighted by molar-refractivity contribution is -0.385. The molecule has 1 aromatic carbocycles. The molecule has 0 bridgehead atoms. The molecule has 0 saturated carbocycles. The van der Waals surface area contributed by atoms with Gasteiger partial charge in [-0.05, 0) is 19.9 Å². The molecule has 1 amide bonds. The van der Waals surface area contributed by atoms with Gasteiger partial charge in [-0.1, -0.05) is 22.0 Å². The molecule has 6 nitrogen and oxygen atoms in total. The predicted octanol–water partition coefficient (Wildman–Crippen LogP) is 2.53. The maximum atomic E-state index is 12.5. The van der Waals surface area contributed by atoms with Crippen molar-refractivity contribution < 1.29 is 14.5 Å². The Hall–Kier alpha value is -1.47. The van der Waals surface area contributed by atoms with Gasteiger partial charge in [-0.25, -0.2) is 0 Å². The average Bonchev–Trinajstić information content (AvgIpc) is 2.46. The first kappa shape index (κ1) is 15.9. The number of aryl methyl sites for hydroxylation is 1. The number of nitro groups is 1. The van der Waals surface area contributed by atoms with Crippen LogP contribution in [0.5, 0.6) is 0 Å². The van der Waals surface area contributed by atoms with Gasteiger partial charge in [-0.3, -0.25) is 14.9 Å². The minimum atomic E-state index is -0.463. The number of carbonyl (C=O) groups excluding carboxylic acids is 1. The maximum absolute atomic E-state index is 12.5. The summed E-state index contributed by atoms with van der Waals surface area (Å²) in [7, 11) is 0. The fraction of sp³-hybridized carbons (Fsp3) is 0.500. The molecule has 0 N–H and O–H groups in total. The summed E-state index contributed by atoms with van der Waals surface area (Å²) in [6, 6.07) is 4.59. The highest BCUT2D eigenvalue weighted by atomic mass is 79.9. The number of carbonyl (C=O) groups is 1. The third-order valence-electron chi connectivity index (χ3n) is 3.44. The molecule has 0 aliphatic carbocycles. The van der Waals surface area contributed by atoms with Crippen LogP contribution in [0.25, 0.3) is 0 Å². The van der Waals surface area contributed by atoms with Crippen molar-refractivity contribution in [3.8, 4) is 0 Å². The van der Waals surface area contributed by atoms with Crippen molar-refractivity contribution in [2.24, 2.45) is 0 Å². The van der Waals surface area contributed by atoms with Gasteiger partial charge in [-0.2, -0.15) is 0 Å². The molecule has 1 saturated heterocycles. The number of halogens is 1. The number of rotatable bonds is 3. The second-order valence-corrected chi connectivity index (χ2v) is 5.84. The molecular weight excluding hydrogens is 340 g/mol. The molecule has 0 aromatic heterocycles. The van der Waals surface area contributed by atoms with Crippen LogP contribution in [0.15, 0.2) is 18.2 Å². The van der Waals surface area contributed by atoms with Crippen molar-refractivity contribution in [3.63, 3.8) is 0 Å². The molecule has 1 aliphatic heterocycles. The Balaban J connectivity index is 2.23. The zero-order chi connectivity index (χ0) is 15.6. The molecule has 1 fully saturated rings. The van der Waals surface area contributed by atoms with Crippen LogP contribution in [-0.2, 0) is 4.74 Å². The maximum Gasteiger partial charge on any atom is 0.273 e. The minimum Gasteiger partial charge on any atom is -0.371 e. The van der Waals surface area contributed by atoms with Gasteiger partial charge in [0.05, 0.1) is 17.1 Å². The van der Waals surface area contributed by atoms with Crippen molar-refractivity contribution in [1.82, 2.24) is 4.90 Å². The van der Waals surface area contributed by atoms with E-state index < -0.39 is 4.92 Å². The number of nitro benzene ring substituents is 1. The van der Waals surface area contributed by atoms with Gasteiger partial charge in [0.25, 0.3) is 11.6 Å². The first-order valence-corrected chi connectivity index (χ1v) is 7.80. The summed E-state index contributed by atoms with van der Waals surface area (Å²) in [5.41, 5.74) is 0.860. The van der Waals surface area contributed by atoms with Crippen LogP contribution in [0.1, 0.15) is 22.8 Å². The Morgan fingerprint density at radius 2 is 2.24 bits per heavy atom. The number of ether oxygens (including phenoxy) is 1. The minimum absolute atomic E-state index is 0.0285. The lowest BCUT2D eigenvalue weighted by Gasteiger charge is -2.36. The highest BCUT2D eigenvalue weighted by Gasteiger charge is 2.29. The number of amides is 1. The fourth-order valence-electron chi connectivity index (χ4n) is 2.42. The van der Waals surface area contributed by atoms with E-state index in [9.17, 15) is 14.9 Å². The number of morpholine rings is 1. The SMILES string of the molecule is Cc1ccc(C(=O)N2CC(C)OC(CBr)C2)cc1[N+](=O)[O-]. The number of nitrogens with zero attached hydrogens (tertiary/aromatic N) is 2. The second kappa shape index (κ2) is 6.53. The van der Waals surface area contributed by atoms with Gasteiger partial charge in [0.15, 0.2) is 0 Å². The topological polar surface area (TPSA) is 72.7 Å². The molecule has 1 aliphatic rings.